The van der Waals surface area contributed by atoms with Crippen molar-refractivity contribution in [3.05, 3.63) is 65.3 Å². The van der Waals surface area contributed by atoms with Gasteiger partial charge in [-0.1, -0.05) is 12.1 Å². The number of anilines is 2. The van der Waals surface area contributed by atoms with Crippen LogP contribution in [0.5, 0.6) is 0 Å². The van der Waals surface area contributed by atoms with Gasteiger partial charge in [0, 0.05) is 25.7 Å². The number of aliphatic imine (C=N–C) groups is 1. The van der Waals surface area contributed by atoms with E-state index in [-0.39, 0.29) is 6.42 Å². The van der Waals surface area contributed by atoms with Crippen molar-refractivity contribution in [2.24, 2.45) is 4.99 Å². The molecule has 8 heteroatoms. The fraction of sp³-hybridized carbons (Fsp3) is 0.286. The Kier molecular flexibility index (Phi) is 5.20. The fourth-order valence-corrected chi connectivity index (χ4v) is 3.56. The molecular weight excluding hydrogens is 364 g/mol. The van der Waals surface area contributed by atoms with E-state index in [4.69, 9.17) is 0 Å². The van der Waals surface area contributed by atoms with E-state index in [1.165, 1.54) is 0 Å². The fourth-order valence-electron chi connectivity index (χ4n) is 3.56. The van der Waals surface area contributed by atoms with Crippen molar-refractivity contribution in [1.29, 1.82) is 5.26 Å². The Balaban J connectivity index is 1.62. The predicted molar refractivity (Wildman–Crippen MR) is 114 cm³/mol. The molecule has 0 unspecified atom stereocenters. The second kappa shape index (κ2) is 8.10. The van der Waals surface area contributed by atoms with Crippen molar-refractivity contribution < 1.29 is 0 Å². The van der Waals surface area contributed by atoms with E-state index in [0.717, 1.165) is 52.8 Å². The SMILES string of the molecule is CCN1C(=C2NC(NCCc3c[nH]cn3)=NC(CC#N)=C2C)Nc2ccccc21. The Morgan fingerprint density at radius 3 is 2.86 bits per heavy atom. The quantitative estimate of drug-likeness (QED) is 0.628. The number of aromatic nitrogens is 2. The van der Waals surface area contributed by atoms with Gasteiger partial charge in [-0.3, -0.25) is 0 Å². The van der Waals surface area contributed by atoms with Gasteiger partial charge in [0.25, 0.3) is 0 Å². The monoisotopic (exact) mass is 388 g/mol. The third kappa shape index (κ3) is 3.67. The molecule has 0 fully saturated rings. The minimum Gasteiger partial charge on any atom is -0.355 e. The highest BCUT2D eigenvalue weighted by Crippen LogP contribution is 2.38. The predicted octanol–water partition coefficient (Wildman–Crippen LogP) is 2.81. The zero-order valence-electron chi connectivity index (χ0n) is 16.6. The van der Waals surface area contributed by atoms with E-state index in [1.54, 1.807) is 6.33 Å². The van der Waals surface area contributed by atoms with Crippen LogP contribution in [0.25, 0.3) is 0 Å². The van der Waals surface area contributed by atoms with Crippen LogP contribution in [-0.2, 0) is 6.42 Å². The lowest BCUT2D eigenvalue weighted by Gasteiger charge is -2.27. The number of nitrogens with one attached hydrogen (secondary N) is 4. The Hall–Kier alpha value is -3.73. The number of imidazole rings is 1. The summed E-state index contributed by atoms with van der Waals surface area (Å²) in [5.74, 6) is 1.62. The molecular formula is C21H24N8. The van der Waals surface area contributed by atoms with Crippen molar-refractivity contribution in [3.63, 3.8) is 0 Å². The Morgan fingerprint density at radius 1 is 1.24 bits per heavy atom. The number of hydrogen-bond acceptors (Lipinski definition) is 7. The number of hydrogen-bond donors (Lipinski definition) is 4. The summed E-state index contributed by atoms with van der Waals surface area (Å²) < 4.78 is 0. The first-order chi connectivity index (χ1) is 14.2. The molecule has 1 aromatic carbocycles. The number of nitriles is 1. The highest BCUT2D eigenvalue weighted by molar-refractivity contribution is 5.88. The van der Waals surface area contributed by atoms with Crippen LogP contribution in [0.15, 0.2) is 64.6 Å². The number of benzene rings is 1. The van der Waals surface area contributed by atoms with Crippen molar-refractivity contribution in [1.82, 2.24) is 20.6 Å². The normalized spacial score (nSPS) is 18.0. The number of H-pyrrole nitrogens is 1. The van der Waals surface area contributed by atoms with E-state index in [2.05, 4.69) is 60.9 Å². The lowest BCUT2D eigenvalue weighted by atomic mass is 10.1. The summed E-state index contributed by atoms with van der Waals surface area (Å²) >= 11 is 0. The molecule has 8 nitrogen and oxygen atoms in total. The topological polar surface area (TPSA) is 104 Å². The summed E-state index contributed by atoms with van der Waals surface area (Å²) in [6.07, 6.45) is 4.59. The average molecular weight is 388 g/mol. The molecule has 2 aliphatic heterocycles. The third-order valence-corrected chi connectivity index (χ3v) is 5.04. The molecule has 1 aromatic heterocycles. The molecule has 0 radical (unpaired) electrons. The molecule has 0 amide bonds. The van der Waals surface area contributed by atoms with Gasteiger partial charge in [-0.25, -0.2) is 9.98 Å². The van der Waals surface area contributed by atoms with Crippen molar-refractivity contribution >= 4 is 17.3 Å². The van der Waals surface area contributed by atoms with Gasteiger partial charge < -0.3 is 25.8 Å². The Bertz CT molecular complexity index is 1020. The van der Waals surface area contributed by atoms with Crippen molar-refractivity contribution in [2.75, 3.05) is 23.3 Å². The molecule has 3 heterocycles. The number of rotatable bonds is 5. The molecule has 4 rings (SSSR count). The molecule has 2 aliphatic rings. The van der Waals surface area contributed by atoms with Gasteiger partial charge in [-0.05, 0) is 31.6 Å². The number of guanidine groups is 1. The lowest BCUT2D eigenvalue weighted by molar-refractivity contribution is 0.803. The number of nitrogens with zero attached hydrogens (tertiary/aromatic N) is 4. The molecule has 0 bridgehead atoms. The molecule has 148 valence electrons. The van der Waals surface area contributed by atoms with Gasteiger partial charge in [-0.15, -0.1) is 0 Å². The first-order valence-corrected chi connectivity index (χ1v) is 9.73. The summed E-state index contributed by atoms with van der Waals surface area (Å²) in [6, 6.07) is 10.5. The summed E-state index contributed by atoms with van der Waals surface area (Å²) in [5, 5.41) is 19.6. The molecule has 29 heavy (non-hydrogen) atoms. The standard InChI is InChI=1S/C21H24N8/c1-3-29-18-7-5-4-6-17(18)26-20(29)19-14(2)16(8-10-22)27-21(28-19)24-11-9-15-12-23-13-25-15/h4-7,12-13,26H,3,8-9,11H2,1-2H3,(H,23,25)(H2,24,27,28). The maximum Gasteiger partial charge on any atom is 0.200 e. The van der Waals surface area contributed by atoms with E-state index in [0.29, 0.717) is 12.5 Å². The molecule has 0 atom stereocenters. The van der Waals surface area contributed by atoms with Crippen LogP contribution < -0.4 is 20.9 Å². The van der Waals surface area contributed by atoms with E-state index < -0.39 is 0 Å². The third-order valence-electron chi connectivity index (χ3n) is 5.04. The highest BCUT2D eigenvalue weighted by Gasteiger charge is 2.28. The van der Waals surface area contributed by atoms with Crippen LogP contribution in [-0.4, -0.2) is 29.0 Å². The minimum atomic E-state index is 0.258. The van der Waals surface area contributed by atoms with Crippen LogP contribution in [0, 0.1) is 11.3 Å². The van der Waals surface area contributed by atoms with Gasteiger partial charge in [0.05, 0.1) is 47.3 Å². The number of para-hydroxylation sites is 2. The van der Waals surface area contributed by atoms with Gasteiger partial charge >= 0.3 is 0 Å². The maximum absolute atomic E-state index is 9.27. The van der Waals surface area contributed by atoms with Crippen molar-refractivity contribution in [2.45, 2.75) is 26.7 Å². The van der Waals surface area contributed by atoms with Crippen LogP contribution in [0.1, 0.15) is 26.0 Å². The summed E-state index contributed by atoms with van der Waals surface area (Å²) in [5.41, 5.74) is 5.88. The zero-order chi connectivity index (χ0) is 20.2. The molecule has 0 saturated carbocycles. The lowest BCUT2D eigenvalue weighted by Crippen LogP contribution is -2.42. The summed E-state index contributed by atoms with van der Waals surface area (Å²) in [7, 11) is 0. The average Bonchev–Trinajstić information content (AvgIpc) is 3.37. The number of aromatic amines is 1. The van der Waals surface area contributed by atoms with Gasteiger partial charge in [0.2, 0.25) is 5.96 Å². The first kappa shape index (κ1) is 18.6. The minimum absolute atomic E-state index is 0.258. The highest BCUT2D eigenvalue weighted by atomic mass is 15.3. The molecule has 4 N–H and O–H groups in total. The van der Waals surface area contributed by atoms with Crippen molar-refractivity contribution in [3.8, 4) is 6.07 Å². The number of allylic oxidation sites excluding steroid dienone is 2. The number of fused-ring (bicyclic) bond motifs is 1. The second-order valence-corrected chi connectivity index (χ2v) is 6.84. The summed E-state index contributed by atoms with van der Waals surface area (Å²) in [6.45, 7) is 5.64. The Morgan fingerprint density at radius 2 is 2.10 bits per heavy atom. The van der Waals surface area contributed by atoms with Crippen LogP contribution >= 0.6 is 0 Å². The van der Waals surface area contributed by atoms with E-state index >= 15 is 0 Å². The van der Waals surface area contributed by atoms with E-state index in [9.17, 15) is 5.26 Å². The zero-order valence-corrected chi connectivity index (χ0v) is 16.6. The van der Waals surface area contributed by atoms with Crippen LogP contribution in [0.3, 0.4) is 0 Å². The van der Waals surface area contributed by atoms with Crippen LogP contribution in [0.4, 0.5) is 11.4 Å². The second-order valence-electron chi connectivity index (χ2n) is 6.84. The van der Waals surface area contributed by atoms with Crippen LogP contribution in [0.2, 0.25) is 0 Å². The molecule has 0 spiro atoms. The maximum atomic E-state index is 9.27. The molecule has 2 aromatic rings. The van der Waals surface area contributed by atoms with Gasteiger partial charge in [0.1, 0.15) is 5.82 Å². The van der Waals surface area contributed by atoms with Gasteiger partial charge in [0.15, 0.2) is 0 Å². The molecule has 0 saturated heterocycles. The first-order valence-electron chi connectivity index (χ1n) is 9.73. The smallest absolute Gasteiger partial charge is 0.200 e. The summed E-state index contributed by atoms with van der Waals surface area (Å²) in [4.78, 5) is 14.1. The van der Waals surface area contributed by atoms with E-state index in [1.807, 2.05) is 25.3 Å². The molecule has 0 aliphatic carbocycles. The Labute approximate surface area is 170 Å². The largest absolute Gasteiger partial charge is 0.355 e. The van der Waals surface area contributed by atoms with Gasteiger partial charge in [-0.2, -0.15) is 5.26 Å².